The van der Waals surface area contributed by atoms with Crippen molar-refractivity contribution in [3.05, 3.63) is 0 Å². The van der Waals surface area contributed by atoms with E-state index >= 15 is 0 Å². The Balaban J connectivity index is 1.22. The van der Waals surface area contributed by atoms with Crippen LogP contribution in [0, 0.1) is 35.0 Å². The molecule has 3 aliphatic carbocycles. The Bertz CT molecular complexity index is 578. The molecule has 4 atom stereocenters. The highest BCUT2D eigenvalue weighted by atomic mass is 16.3. The predicted octanol–water partition coefficient (Wildman–Crippen LogP) is 2.66. The van der Waals surface area contributed by atoms with Crippen molar-refractivity contribution in [2.75, 3.05) is 6.54 Å². The number of carbonyl (C=O) groups excluding carboxylic acids is 1. The van der Waals surface area contributed by atoms with E-state index in [1.54, 1.807) is 0 Å². The van der Waals surface area contributed by atoms with Crippen molar-refractivity contribution >= 4 is 5.91 Å². The molecular weight excluding hydrogens is 376 g/mol. The second-order valence-electron chi connectivity index (χ2n) is 11.6. The summed E-state index contributed by atoms with van der Waals surface area (Å²) in [6.45, 7) is 5.68. The zero-order chi connectivity index (χ0) is 21.3. The predicted molar refractivity (Wildman–Crippen MR) is 119 cm³/mol. The highest BCUT2D eigenvalue weighted by molar-refractivity contribution is 5.80. The first-order valence-electron chi connectivity index (χ1n) is 12.5. The van der Waals surface area contributed by atoms with Crippen LogP contribution >= 0.6 is 0 Å². The van der Waals surface area contributed by atoms with E-state index in [4.69, 9.17) is 5.73 Å². The molecule has 1 aliphatic heterocycles. The van der Waals surface area contributed by atoms with Crippen molar-refractivity contribution in [3.63, 3.8) is 0 Å². The number of carbonyl (C=O) groups is 1. The maximum Gasteiger partial charge on any atom is 0.225 e. The van der Waals surface area contributed by atoms with Gasteiger partial charge in [0, 0.05) is 5.92 Å². The lowest BCUT2D eigenvalue weighted by atomic mass is 9.62. The second kappa shape index (κ2) is 9.43. The zero-order valence-electron chi connectivity index (χ0n) is 19.0. The van der Waals surface area contributed by atoms with Gasteiger partial charge in [0.25, 0.3) is 0 Å². The van der Waals surface area contributed by atoms with Crippen LogP contribution in [0.2, 0.25) is 0 Å². The molecule has 6 heteroatoms. The average molecular weight is 421 g/mol. The molecule has 0 aromatic heterocycles. The molecule has 0 bridgehead atoms. The monoisotopic (exact) mass is 420 g/mol. The van der Waals surface area contributed by atoms with E-state index in [-0.39, 0.29) is 24.1 Å². The normalized spacial score (nSPS) is 36.5. The lowest BCUT2D eigenvalue weighted by Gasteiger charge is -2.45. The van der Waals surface area contributed by atoms with Crippen LogP contribution in [-0.4, -0.2) is 36.1 Å². The Hall–Kier alpha value is -0.690. The topological polar surface area (TPSA) is 99.4 Å². The molecule has 6 N–H and O–H groups in total. The molecule has 0 radical (unpaired) electrons. The molecule has 172 valence electrons. The molecule has 30 heavy (non-hydrogen) atoms. The molecule has 4 aliphatic rings. The minimum atomic E-state index is -0.485. The highest BCUT2D eigenvalue weighted by Crippen LogP contribution is 2.48. The summed E-state index contributed by atoms with van der Waals surface area (Å²) in [6.07, 6.45) is 12.2. The van der Waals surface area contributed by atoms with E-state index < -0.39 is 6.29 Å². The molecule has 1 heterocycles. The third kappa shape index (κ3) is 5.76. The Kier molecular flexibility index (Phi) is 7.08. The number of nitrogens with two attached hydrogens (primary N) is 1. The van der Waals surface area contributed by atoms with Crippen LogP contribution in [-0.2, 0) is 4.79 Å². The highest BCUT2D eigenvalue weighted by Gasteiger charge is 2.40. The second-order valence-corrected chi connectivity index (χ2v) is 11.6. The first kappa shape index (κ1) is 22.5. The fraction of sp³-hybridized carbons (Fsp3) is 0.958. The first-order valence-corrected chi connectivity index (χ1v) is 12.5. The number of aliphatic hydroxyl groups is 1. The summed E-state index contributed by atoms with van der Waals surface area (Å²) in [4.78, 5) is 12.0. The molecule has 4 rings (SSSR count). The smallest absolute Gasteiger partial charge is 0.225 e. The number of hydrogen-bond acceptors (Lipinski definition) is 5. The van der Waals surface area contributed by atoms with Gasteiger partial charge in [0.2, 0.25) is 5.91 Å². The summed E-state index contributed by atoms with van der Waals surface area (Å²) in [6, 6.07) is 0. The summed E-state index contributed by atoms with van der Waals surface area (Å²) in [7, 11) is 0. The van der Waals surface area contributed by atoms with Crippen molar-refractivity contribution in [3.8, 4) is 0 Å². The van der Waals surface area contributed by atoms with Crippen LogP contribution in [0.1, 0.15) is 84.5 Å². The van der Waals surface area contributed by atoms with Gasteiger partial charge in [-0.1, -0.05) is 13.8 Å². The van der Waals surface area contributed by atoms with Gasteiger partial charge in [0.15, 0.2) is 0 Å². The number of piperidine rings is 1. The number of nitrogens with one attached hydrogen (secondary N) is 3. The third-order valence-electron chi connectivity index (χ3n) is 8.34. The van der Waals surface area contributed by atoms with Gasteiger partial charge in [0.05, 0.1) is 12.3 Å². The van der Waals surface area contributed by atoms with E-state index in [1.165, 1.54) is 38.5 Å². The molecule has 1 amide bonds. The van der Waals surface area contributed by atoms with Crippen molar-refractivity contribution in [2.24, 2.45) is 40.7 Å². The minimum absolute atomic E-state index is 0.0895. The summed E-state index contributed by atoms with van der Waals surface area (Å²) in [5.74, 6) is 2.71. The van der Waals surface area contributed by atoms with Crippen LogP contribution < -0.4 is 21.7 Å². The van der Waals surface area contributed by atoms with Crippen molar-refractivity contribution in [1.29, 1.82) is 0 Å². The van der Waals surface area contributed by atoms with Gasteiger partial charge >= 0.3 is 0 Å². The molecule has 1 saturated heterocycles. The summed E-state index contributed by atoms with van der Waals surface area (Å²) >= 11 is 0. The fourth-order valence-electron chi connectivity index (χ4n) is 6.62. The van der Waals surface area contributed by atoms with Gasteiger partial charge in [-0.15, -0.1) is 0 Å². The van der Waals surface area contributed by atoms with Crippen molar-refractivity contribution in [1.82, 2.24) is 16.0 Å². The molecule has 6 nitrogen and oxygen atoms in total. The SMILES string of the molecule is CC1(C)CC(CC(O)C2CCC(C3CCCN[C@@H]3NC(N)NC(=O)C3CC3)CC2)C1. The van der Waals surface area contributed by atoms with Crippen LogP contribution in [0.5, 0.6) is 0 Å². The van der Waals surface area contributed by atoms with Crippen molar-refractivity contribution < 1.29 is 9.90 Å². The van der Waals surface area contributed by atoms with Gasteiger partial charge in [-0.2, -0.15) is 0 Å². The molecule has 0 aromatic rings. The molecule has 0 spiro atoms. The number of aliphatic hydroxyl groups excluding tert-OH is 1. The lowest BCUT2D eigenvalue weighted by Crippen LogP contribution is -2.63. The third-order valence-corrected chi connectivity index (χ3v) is 8.34. The number of hydrogen-bond donors (Lipinski definition) is 5. The Morgan fingerprint density at radius 2 is 1.83 bits per heavy atom. The van der Waals surface area contributed by atoms with Crippen LogP contribution in [0.4, 0.5) is 0 Å². The molecule has 3 saturated carbocycles. The molecule has 4 fully saturated rings. The van der Waals surface area contributed by atoms with Gasteiger partial charge < -0.3 is 15.7 Å². The zero-order valence-corrected chi connectivity index (χ0v) is 19.0. The fourth-order valence-corrected chi connectivity index (χ4v) is 6.62. The van der Waals surface area contributed by atoms with E-state index in [9.17, 15) is 9.90 Å². The quantitative estimate of drug-likeness (QED) is 0.389. The first-order chi connectivity index (χ1) is 14.3. The van der Waals surface area contributed by atoms with Crippen molar-refractivity contribution in [2.45, 2.75) is 103 Å². The van der Waals surface area contributed by atoms with E-state index in [1.807, 2.05) is 0 Å². The summed E-state index contributed by atoms with van der Waals surface area (Å²) in [5, 5.41) is 20.8. The summed E-state index contributed by atoms with van der Waals surface area (Å²) in [5.41, 5.74) is 6.69. The Labute approximate surface area is 182 Å². The van der Waals surface area contributed by atoms with Gasteiger partial charge in [-0.25, -0.2) is 0 Å². The number of rotatable bonds is 8. The number of amides is 1. The maximum absolute atomic E-state index is 12.0. The Morgan fingerprint density at radius 3 is 2.47 bits per heavy atom. The van der Waals surface area contributed by atoms with E-state index in [2.05, 4.69) is 29.8 Å². The molecular formula is C24H44N4O2. The minimum Gasteiger partial charge on any atom is -0.393 e. The summed E-state index contributed by atoms with van der Waals surface area (Å²) < 4.78 is 0. The van der Waals surface area contributed by atoms with E-state index in [0.29, 0.717) is 23.2 Å². The van der Waals surface area contributed by atoms with Crippen LogP contribution in [0.3, 0.4) is 0 Å². The van der Waals surface area contributed by atoms with Gasteiger partial charge in [0.1, 0.15) is 6.29 Å². The van der Waals surface area contributed by atoms with Crippen LogP contribution in [0.25, 0.3) is 0 Å². The largest absolute Gasteiger partial charge is 0.393 e. The standard InChI is InChI=1S/C24H44N4O2/c1-24(2)13-15(14-24)12-20(29)17-7-5-16(6-8-17)19-4-3-11-26-21(19)27-23(25)28-22(30)18-9-10-18/h15-21,23,26-27,29H,3-14,25H2,1-2H3,(H,28,30)/t16?,17?,19?,20?,21-,23?/m1/s1. The molecule has 3 unspecified atom stereocenters. The maximum atomic E-state index is 12.0. The van der Waals surface area contributed by atoms with Crippen LogP contribution in [0.15, 0.2) is 0 Å². The lowest BCUT2D eigenvalue weighted by molar-refractivity contribution is -0.123. The van der Waals surface area contributed by atoms with Gasteiger partial charge in [-0.3, -0.25) is 15.8 Å². The molecule has 0 aromatic carbocycles. The van der Waals surface area contributed by atoms with E-state index in [0.717, 1.165) is 44.6 Å². The average Bonchev–Trinajstić information content (AvgIpc) is 3.52. The Morgan fingerprint density at radius 1 is 1.13 bits per heavy atom. The van der Waals surface area contributed by atoms with Gasteiger partial charge in [-0.05, 0) is 106 Å².